The van der Waals surface area contributed by atoms with Crippen molar-refractivity contribution < 1.29 is 19.5 Å². The molecule has 0 radical (unpaired) electrons. The van der Waals surface area contributed by atoms with E-state index in [0.717, 1.165) is 0 Å². The van der Waals surface area contributed by atoms with Gasteiger partial charge in [-0.1, -0.05) is 23.5 Å². The molecule has 1 aliphatic rings. The summed E-state index contributed by atoms with van der Waals surface area (Å²) in [6, 6.07) is 0. The Balaban J connectivity index is 2.55. The molecule has 0 aromatic heterocycles. The summed E-state index contributed by atoms with van der Waals surface area (Å²) in [6.07, 6.45) is -0.928. The Morgan fingerprint density at radius 2 is 1.44 bits per heavy atom. The van der Waals surface area contributed by atoms with Gasteiger partial charge in [-0.25, -0.2) is 4.79 Å². The van der Waals surface area contributed by atoms with Crippen LogP contribution >= 0.6 is 23.5 Å². The average Bonchev–Trinajstić information content (AvgIpc) is 2.66. The van der Waals surface area contributed by atoms with Crippen molar-refractivity contribution in [2.45, 2.75) is 13.8 Å². The molecule has 1 fully saturated rings. The summed E-state index contributed by atoms with van der Waals surface area (Å²) in [5.41, 5.74) is 0. The Hall–Kier alpha value is -0.690. The van der Waals surface area contributed by atoms with Crippen LogP contribution in [0.5, 0.6) is 0 Å². The van der Waals surface area contributed by atoms with Gasteiger partial charge < -0.3 is 10.0 Å². The van der Waals surface area contributed by atoms with Crippen LogP contribution < -0.4 is 0 Å². The van der Waals surface area contributed by atoms with E-state index in [0.29, 0.717) is 24.6 Å². The summed E-state index contributed by atoms with van der Waals surface area (Å²) >= 11 is 2.46. The van der Waals surface area contributed by atoms with Crippen LogP contribution in [0.15, 0.2) is 0 Å². The van der Waals surface area contributed by atoms with Crippen LogP contribution in [0.2, 0.25) is 0 Å². The maximum atomic E-state index is 11.0. The molecule has 0 bridgehead atoms. The number of carboxylic acid groups (broad SMARTS) is 1. The third kappa shape index (κ3) is 4.89. The van der Waals surface area contributed by atoms with Crippen LogP contribution in [0.1, 0.15) is 13.8 Å². The molecule has 1 heterocycles. The fourth-order valence-electron chi connectivity index (χ4n) is 1.92. The van der Waals surface area contributed by atoms with Gasteiger partial charge in [-0.15, -0.1) is 0 Å². The topological polar surface area (TPSA) is 74.7 Å². The average molecular weight is 291 g/mol. The van der Waals surface area contributed by atoms with Gasteiger partial charge in [-0.05, 0) is 11.8 Å². The van der Waals surface area contributed by atoms with Crippen molar-refractivity contribution in [3.63, 3.8) is 0 Å². The standard InChI is InChI=1S/C11H17NO4S2/c1-7(13)17-5-9-3-12(11(15)16)4-10(9)6-18-8(2)14/h9-10H,3-6H2,1-2H3,(H,15,16)/t9-,10-/m1/s1. The van der Waals surface area contributed by atoms with Crippen LogP contribution in [0.3, 0.4) is 0 Å². The molecule has 1 saturated heterocycles. The maximum absolute atomic E-state index is 11.0. The highest BCUT2D eigenvalue weighted by Crippen LogP contribution is 2.29. The first kappa shape index (κ1) is 15.4. The molecule has 2 atom stereocenters. The number of likely N-dealkylation sites (tertiary alicyclic amines) is 1. The quantitative estimate of drug-likeness (QED) is 0.851. The van der Waals surface area contributed by atoms with Crippen molar-refractivity contribution in [3.05, 3.63) is 0 Å². The first-order valence-electron chi connectivity index (χ1n) is 5.64. The fourth-order valence-corrected chi connectivity index (χ4v) is 3.57. The van der Waals surface area contributed by atoms with Gasteiger partial charge in [0.2, 0.25) is 0 Å². The minimum absolute atomic E-state index is 0.0433. The number of rotatable bonds is 4. The van der Waals surface area contributed by atoms with Gasteiger partial charge in [0.25, 0.3) is 0 Å². The molecule has 7 heteroatoms. The van der Waals surface area contributed by atoms with E-state index in [9.17, 15) is 14.4 Å². The molecule has 0 aromatic rings. The monoisotopic (exact) mass is 291 g/mol. The van der Waals surface area contributed by atoms with E-state index in [2.05, 4.69) is 0 Å². The van der Waals surface area contributed by atoms with Gasteiger partial charge in [-0.3, -0.25) is 9.59 Å². The molecule has 1 aliphatic heterocycles. The zero-order valence-electron chi connectivity index (χ0n) is 10.4. The van der Waals surface area contributed by atoms with Crippen molar-refractivity contribution in [2.24, 2.45) is 11.8 Å². The molecule has 0 spiro atoms. The molecule has 1 rings (SSSR count). The minimum Gasteiger partial charge on any atom is -0.465 e. The summed E-state index contributed by atoms with van der Waals surface area (Å²) in [7, 11) is 0. The zero-order chi connectivity index (χ0) is 13.7. The largest absolute Gasteiger partial charge is 0.465 e. The highest BCUT2D eigenvalue weighted by atomic mass is 32.2. The number of carbonyl (C=O) groups excluding carboxylic acids is 2. The lowest BCUT2D eigenvalue weighted by Crippen LogP contribution is -2.27. The molecule has 5 nitrogen and oxygen atoms in total. The van der Waals surface area contributed by atoms with Crippen LogP contribution in [-0.2, 0) is 9.59 Å². The summed E-state index contributed by atoms with van der Waals surface area (Å²) in [5.74, 6) is 1.56. The highest BCUT2D eigenvalue weighted by molar-refractivity contribution is 8.13. The molecule has 0 aliphatic carbocycles. The van der Waals surface area contributed by atoms with E-state index < -0.39 is 6.09 Å². The number of thioether (sulfide) groups is 2. The number of hydrogen-bond acceptors (Lipinski definition) is 5. The van der Waals surface area contributed by atoms with E-state index in [4.69, 9.17) is 5.11 Å². The van der Waals surface area contributed by atoms with Crippen LogP contribution in [-0.4, -0.2) is 50.9 Å². The number of hydrogen-bond donors (Lipinski definition) is 1. The van der Waals surface area contributed by atoms with Crippen LogP contribution in [0.4, 0.5) is 4.79 Å². The van der Waals surface area contributed by atoms with E-state index in [1.165, 1.54) is 42.3 Å². The van der Waals surface area contributed by atoms with Crippen molar-refractivity contribution in [1.82, 2.24) is 4.90 Å². The SMILES string of the molecule is CC(=O)SC[C@H]1CN(C(=O)O)C[C@@H]1CSC(C)=O. The first-order valence-corrected chi connectivity index (χ1v) is 7.62. The third-order valence-electron chi connectivity index (χ3n) is 2.85. The van der Waals surface area contributed by atoms with Crippen LogP contribution in [0, 0.1) is 11.8 Å². The molecule has 0 unspecified atom stereocenters. The predicted molar refractivity (Wildman–Crippen MR) is 72.9 cm³/mol. The lowest BCUT2D eigenvalue weighted by molar-refractivity contribution is -0.110. The van der Waals surface area contributed by atoms with Gasteiger partial charge in [0.1, 0.15) is 0 Å². The zero-order valence-corrected chi connectivity index (χ0v) is 12.1. The molecule has 18 heavy (non-hydrogen) atoms. The summed E-state index contributed by atoms with van der Waals surface area (Å²) in [4.78, 5) is 34.2. The number of carbonyl (C=O) groups is 3. The van der Waals surface area contributed by atoms with E-state index in [1.54, 1.807) is 0 Å². The normalized spacial score (nSPS) is 23.1. The second-order valence-electron chi connectivity index (χ2n) is 4.31. The molecular weight excluding hydrogens is 274 g/mol. The molecule has 0 aromatic carbocycles. The van der Waals surface area contributed by atoms with Gasteiger partial charge >= 0.3 is 6.09 Å². The van der Waals surface area contributed by atoms with E-state index in [-0.39, 0.29) is 22.1 Å². The Morgan fingerprint density at radius 1 is 1.06 bits per heavy atom. The molecule has 0 saturated carbocycles. The van der Waals surface area contributed by atoms with Gasteiger partial charge in [-0.2, -0.15) is 0 Å². The number of amides is 1. The third-order valence-corrected chi connectivity index (χ3v) is 4.85. The lowest BCUT2D eigenvalue weighted by Gasteiger charge is -2.15. The van der Waals surface area contributed by atoms with Crippen molar-refractivity contribution in [2.75, 3.05) is 24.6 Å². The van der Waals surface area contributed by atoms with Gasteiger partial charge in [0, 0.05) is 38.4 Å². The van der Waals surface area contributed by atoms with E-state index >= 15 is 0 Å². The van der Waals surface area contributed by atoms with Gasteiger partial charge in [0.15, 0.2) is 10.2 Å². The van der Waals surface area contributed by atoms with E-state index in [1.807, 2.05) is 0 Å². The second kappa shape index (κ2) is 7.04. The van der Waals surface area contributed by atoms with Crippen molar-refractivity contribution in [1.29, 1.82) is 0 Å². The number of nitrogens with zero attached hydrogens (tertiary/aromatic N) is 1. The molecule has 1 amide bonds. The second-order valence-corrected chi connectivity index (χ2v) is 6.71. The predicted octanol–water partition coefficient (Wildman–Crippen LogP) is 1.77. The Bertz CT molecular complexity index is 322. The summed E-state index contributed by atoms with van der Waals surface area (Å²) in [5, 5.41) is 9.07. The summed E-state index contributed by atoms with van der Waals surface area (Å²) < 4.78 is 0. The lowest BCUT2D eigenvalue weighted by atomic mass is 10.0. The Kier molecular flexibility index (Phi) is 6.01. The Labute approximate surface area is 115 Å². The van der Waals surface area contributed by atoms with Crippen molar-refractivity contribution >= 4 is 39.8 Å². The molecule has 102 valence electrons. The smallest absolute Gasteiger partial charge is 0.407 e. The molecular formula is C11H17NO4S2. The van der Waals surface area contributed by atoms with Gasteiger partial charge in [0.05, 0.1) is 0 Å². The maximum Gasteiger partial charge on any atom is 0.407 e. The minimum atomic E-state index is -0.928. The first-order chi connectivity index (χ1) is 8.40. The summed E-state index contributed by atoms with van der Waals surface area (Å²) in [6.45, 7) is 3.93. The Morgan fingerprint density at radius 3 is 1.72 bits per heavy atom. The molecule has 1 N–H and O–H groups in total. The van der Waals surface area contributed by atoms with Crippen molar-refractivity contribution in [3.8, 4) is 0 Å². The van der Waals surface area contributed by atoms with Crippen LogP contribution in [0.25, 0.3) is 0 Å². The fraction of sp³-hybridized carbons (Fsp3) is 0.727. The highest BCUT2D eigenvalue weighted by Gasteiger charge is 2.35.